The highest BCUT2D eigenvalue weighted by molar-refractivity contribution is 5.25. The van der Waals surface area contributed by atoms with Gasteiger partial charge >= 0.3 is 0 Å². The lowest BCUT2D eigenvalue weighted by Crippen LogP contribution is -2.25. The van der Waals surface area contributed by atoms with Crippen LogP contribution in [0, 0.1) is 5.82 Å². The third kappa shape index (κ3) is 3.58. The van der Waals surface area contributed by atoms with Crippen molar-refractivity contribution in [3.63, 3.8) is 0 Å². The summed E-state index contributed by atoms with van der Waals surface area (Å²) in [6.45, 7) is 7.63. The minimum absolute atomic E-state index is 0.121. The average molecular weight is 224 g/mol. The van der Waals surface area contributed by atoms with Gasteiger partial charge in [-0.2, -0.15) is 0 Å². The number of nitrogens with two attached hydrogens (primary N) is 1. The monoisotopic (exact) mass is 224 g/mol. The predicted molar refractivity (Wildman–Crippen MR) is 65.8 cm³/mol. The van der Waals surface area contributed by atoms with Crippen molar-refractivity contribution in [3.8, 4) is 0 Å². The molecule has 1 aromatic rings. The minimum Gasteiger partial charge on any atom is -0.326 e. The maximum absolute atomic E-state index is 13.5. The third-order valence-electron chi connectivity index (χ3n) is 2.94. The Morgan fingerprint density at radius 2 is 1.94 bits per heavy atom. The zero-order valence-electron chi connectivity index (χ0n) is 10.2. The van der Waals surface area contributed by atoms with Crippen LogP contribution >= 0.6 is 0 Å². The number of nitrogens with zero attached hydrogens (tertiary/aromatic N) is 1. The molecule has 0 spiro atoms. The lowest BCUT2D eigenvalue weighted by molar-refractivity contribution is 0.306. The molecule has 0 fully saturated rings. The summed E-state index contributed by atoms with van der Waals surface area (Å²) in [5.41, 5.74) is 7.31. The van der Waals surface area contributed by atoms with Gasteiger partial charge < -0.3 is 10.6 Å². The van der Waals surface area contributed by atoms with Gasteiger partial charge in [0.1, 0.15) is 5.82 Å². The fourth-order valence-electron chi connectivity index (χ4n) is 1.77. The zero-order valence-corrected chi connectivity index (χ0v) is 10.2. The van der Waals surface area contributed by atoms with Crippen LogP contribution in [0.15, 0.2) is 18.2 Å². The molecule has 0 bridgehead atoms. The Balaban J connectivity index is 2.65. The lowest BCUT2D eigenvalue weighted by atomic mass is 10.1. The van der Waals surface area contributed by atoms with Crippen LogP contribution in [0.5, 0.6) is 0 Å². The highest BCUT2D eigenvalue weighted by Crippen LogP contribution is 2.11. The molecule has 0 atom stereocenters. The molecule has 0 saturated heterocycles. The van der Waals surface area contributed by atoms with E-state index in [1.54, 1.807) is 6.07 Å². The van der Waals surface area contributed by atoms with E-state index in [2.05, 4.69) is 18.7 Å². The SMILES string of the molecule is CCN(CC)CCc1cc(CN)ccc1F. The lowest BCUT2D eigenvalue weighted by Gasteiger charge is -2.18. The molecule has 2 N–H and O–H groups in total. The van der Waals surface area contributed by atoms with Crippen molar-refractivity contribution in [3.05, 3.63) is 35.1 Å². The van der Waals surface area contributed by atoms with Crippen molar-refractivity contribution in [2.45, 2.75) is 26.8 Å². The molecule has 16 heavy (non-hydrogen) atoms. The van der Waals surface area contributed by atoms with E-state index in [-0.39, 0.29) is 5.82 Å². The topological polar surface area (TPSA) is 29.3 Å². The molecule has 0 aliphatic heterocycles. The first-order chi connectivity index (χ1) is 7.71. The Kier molecular flexibility index (Phi) is 5.43. The number of hydrogen-bond donors (Lipinski definition) is 1. The standard InChI is InChI=1S/C13H21FN2/c1-3-16(4-2)8-7-12-9-11(10-15)5-6-13(12)14/h5-6,9H,3-4,7-8,10,15H2,1-2H3. The van der Waals surface area contributed by atoms with Gasteiger partial charge in [0.15, 0.2) is 0 Å². The van der Waals surface area contributed by atoms with Crippen LogP contribution < -0.4 is 5.73 Å². The molecule has 0 aliphatic carbocycles. The molecule has 90 valence electrons. The first-order valence-electron chi connectivity index (χ1n) is 5.91. The van der Waals surface area contributed by atoms with Crippen molar-refractivity contribution in [1.82, 2.24) is 4.90 Å². The molecule has 0 radical (unpaired) electrons. The highest BCUT2D eigenvalue weighted by Gasteiger charge is 2.05. The molecule has 0 heterocycles. The molecule has 3 heteroatoms. The van der Waals surface area contributed by atoms with Gasteiger partial charge in [-0.05, 0) is 36.7 Å². The van der Waals surface area contributed by atoms with E-state index in [1.807, 2.05) is 6.07 Å². The summed E-state index contributed by atoms with van der Waals surface area (Å²) in [4.78, 5) is 2.29. The zero-order chi connectivity index (χ0) is 12.0. The Labute approximate surface area is 97.3 Å². The van der Waals surface area contributed by atoms with E-state index in [1.165, 1.54) is 6.07 Å². The van der Waals surface area contributed by atoms with Crippen molar-refractivity contribution in [2.24, 2.45) is 5.73 Å². The largest absolute Gasteiger partial charge is 0.326 e. The van der Waals surface area contributed by atoms with Crippen molar-refractivity contribution in [1.29, 1.82) is 0 Å². The number of likely N-dealkylation sites (N-methyl/N-ethyl adjacent to an activating group) is 1. The van der Waals surface area contributed by atoms with Crippen molar-refractivity contribution >= 4 is 0 Å². The van der Waals surface area contributed by atoms with Crippen LogP contribution in [0.2, 0.25) is 0 Å². The third-order valence-corrected chi connectivity index (χ3v) is 2.94. The second-order valence-corrected chi connectivity index (χ2v) is 3.91. The second kappa shape index (κ2) is 6.61. The molecule has 0 aromatic heterocycles. The predicted octanol–water partition coefficient (Wildman–Crippen LogP) is 2.17. The van der Waals surface area contributed by atoms with Gasteiger partial charge in [0, 0.05) is 13.1 Å². The van der Waals surface area contributed by atoms with Gasteiger partial charge in [-0.1, -0.05) is 26.0 Å². The Bertz CT molecular complexity index is 322. The highest BCUT2D eigenvalue weighted by atomic mass is 19.1. The Morgan fingerprint density at radius 3 is 2.50 bits per heavy atom. The van der Waals surface area contributed by atoms with Gasteiger partial charge in [-0.3, -0.25) is 0 Å². The average Bonchev–Trinajstić information content (AvgIpc) is 2.32. The molecule has 0 unspecified atom stereocenters. The molecule has 1 aromatic carbocycles. The fraction of sp³-hybridized carbons (Fsp3) is 0.538. The maximum Gasteiger partial charge on any atom is 0.126 e. The van der Waals surface area contributed by atoms with E-state index in [0.29, 0.717) is 6.54 Å². The first-order valence-corrected chi connectivity index (χ1v) is 5.91. The number of benzene rings is 1. The minimum atomic E-state index is -0.121. The van der Waals surface area contributed by atoms with Crippen LogP contribution in [-0.2, 0) is 13.0 Å². The molecule has 1 rings (SSSR count). The van der Waals surface area contributed by atoms with Gasteiger partial charge in [0.05, 0.1) is 0 Å². The van der Waals surface area contributed by atoms with E-state index in [9.17, 15) is 4.39 Å². The van der Waals surface area contributed by atoms with Crippen LogP contribution in [0.1, 0.15) is 25.0 Å². The number of rotatable bonds is 6. The van der Waals surface area contributed by atoms with E-state index >= 15 is 0 Å². The van der Waals surface area contributed by atoms with Crippen molar-refractivity contribution in [2.75, 3.05) is 19.6 Å². The summed E-state index contributed by atoms with van der Waals surface area (Å²) < 4.78 is 13.5. The van der Waals surface area contributed by atoms with Crippen molar-refractivity contribution < 1.29 is 4.39 Å². The first kappa shape index (κ1) is 13.1. The summed E-state index contributed by atoms with van der Waals surface area (Å²) >= 11 is 0. The fourth-order valence-corrected chi connectivity index (χ4v) is 1.77. The van der Waals surface area contributed by atoms with E-state index in [4.69, 9.17) is 5.73 Å². The summed E-state index contributed by atoms with van der Waals surface area (Å²) in [5.74, 6) is -0.121. The van der Waals surface area contributed by atoms with Crippen LogP contribution in [0.25, 0.3) is 0 Å². The summed E-state index contributed by atoms with van der Waals surface area (Å²) in [7, 11) is 0. The maximum atomic E-state index is 13.5. The smallest absolute Gasteiger partial charge is 0.126 e. The molecule has 0 saturated carbocycles. The molecule has 0 aliphatic rings. The van der Waals surface area contributed by atoms with Gasteiger partial charge in [-0.15, -0.1) is 0 Å². The summed E-state index contributed by atoms with van der Waals surface area (Å²) in [6, 6.07) is 5.13. The van der Waals surface area contributed by atoms with Crippen LogP contribution in [0.4, 0.5) is 4.39 Å². The van der Waals surface area contributed by atoms with Gasteiger partial charge in [-0.25, -0.2) is 4.39 Å². The van der Waals surface area contributed by atoms with Crippen LogP contribution in [-0.4, -0.2) is 24.5 Å². The van der Waals surface area contributed by atoms with Crippen LogP contribution in [0.3, 0.4) is 0 Å². The Morgan fingerprint density at radius 1 is 1.25 bits per heavy atom. The second-order valence-electron chi connectivity index (χ2n) is 3.91. The Hall–Kier alpha value is -0.930. The summed E-state index contributed by atoms with van der Waals surface area (Å²) in [5, 5.41) is 0. The normalized spacial score (nSPS) is 11.1. The van der Waals surface area contributed by atoms with Gasteiger partial charge in [0.25, 0.3) is 0 Å². The molecular formula is C13H21FN2. The van der Waals surface area contributed by atoms with E-state index in [0.717, 1.165) is 37.2 Å². The summed E-state index contributed by atoms with van der Waals surface area (Å²) in [6.07, 6.45) is 0.751. The molecular weight excluding hydrogens is 203 g/mol. The molecule has 0 amide bonds. The quantitative estimate of drug-likeness (QED) is 0.802. The number of hydrogen-bond acceptors (Lipinski definition) is 2. The van der Waals surface area contributed by atoms with Gasteiger partial charge in [0.2, 0.25) is 0 Å². The molecule has 2 nitrogen and oxygen atoms in total. The van der Waals surface area contributed by atoms with E-state index < -0.39 is 0 Å². The number of halogens is 1.